The van der Waals surface area contributed by atoms with Crippen LogP contribution < -0.4 is 0 Å². The predicted molar refractivity (Wildman–Crippen MR) is 111 cm³/mol. The molecule has 8 heteroatoms. The molecule has 2 heterocycles. The summed E-state index contributed by atoms with van der Waals surface area (Å²) in [7, 11) is 0. The zero-order valence-corrected chi connectivity index (χ0v) is 16.2. The standard InChI is InChI=1S/C22H20N6O2/c29-21(13-12-18-16-23-27(17-18)20-10-5-2-6-11-20)30-15-7-14-28-25-22(24-26-28)19-8-3-1-4-9-19/h1-6,8-13,16-17H,7,14-15H2/b13-12+. The van der Waals surface area contributed by atoms with Crippen LogP contribution in [0.5, 0.6) is 0 Å². The molecule has 0 atom stereocenters. The number of hydrogen-bond donors (Lipinski definition) is 0. The first-order valence-corrected chi connectivity index (χ1v) is 9.56. The molecule has 0 bridgehead atoms. The van der Waals surface area contributed by atoms with Gasteiger partial charge < -0.3 is 4.74 Å². The van der Waals surface area contributed by atoms with E-state index in [-0.39, 0.29) is 6.61 Å². The molecule has 0 N–H and O–H groups in total. The molecule has 0 amide bonds. The predicted octanol–water partition coefficient (Wildman–Crippen LogP) is 3.17. The minimum Gasteiger partial charge on any atom is -0.462 e. The van der Waals surface area contributed by atoms with Gasteiger partial charge in [-0.15, -0.1) is 10.2 Å². The first-order valence-electron chi connectivity index (χ1n) is 9.56. The van der Waals surface area contributed by atoms with Crippen LogP contribution in [0.3, 0.4) is 0 Å². The Balaban J connectivity index is 1.21. The topological polar surface area (TPSA) is 87.7 Å². The summed E-state index contributed by atoms with van der Waals surface area (Å²) in [6.07, 6.45) is 7.21. The van der Waals surface area contributed by atoms with Crippen molar-refractivity contribution in [2.75, 3.05) is 6.61 Å². The highest BCUT2D eigenvalue weighted by molar-refractivity contribution is 5.86. The molecular weight excluding hydrogens is 380 g/mol. The van der Waals surface area contributed by atoms with E-state index in [4.69, 9.17) is 4.74 Å². The molecule has 0 saturated carbocycles. The summed E-state index contributed by atoms with van der Waals surface area (Å²) in [4.78, 5) is 13.4. The SMILES string of the molecule is O=C(/C=C/c1cnn(-c2ccccc2)c1)OCCCn1nnc(-c2ccccc2)n1. The Kier molecular flexibility index (Phi) is 6.05. The molecular formula is C22H20N6O2. The Morgan fingerprint density at radius 3 is 2.60 bits per heavy atom. The molecule has 2 aromatic heterocycles. The number of tetrazole rings is 1. The number of carbonyl (C=O) groups excluding carboxylic acids is 1. The highest BCUT2D eigenvalue weighted by Crippen LogP contribution is 2.12. The van der Waals surface area contributed by atoms with Gasteiger partial charge in [0.05, 0.1) is 25.0 Å². The smallest absolute Gasteiger partial charge is 0.330 e. The number of rotatable bonds is 8. The second-order valence-corrected chi connectivity index (χ2v) is 6.48. The van der Waals surface area contributed by atoms with Crippen molar-refractivity contribution in [1.82, 2.24) is 30.0 Å². The maximum absolute atomic E-state index is 11.9. The van der Waals surface area contributed by atoms with Crippen molar-refractivity contribution in [1.29, 1.82) is 0 Å². The molecule has 0 aliphatic rings. The molecule has 0 saturated heterocycles. The monoisotopic (exact) mass is 400 g/mol. The van der Waals surface area contributed by atoms with Crippen LogP contribution in [0, 0.1) is 0 Å². The number of benzene rings is 2. The average molecular weight is 400 g/mol. The normalized spacial score (nSPS) is 11.1. The van der Waals surface area contributed by atoms with Crippen LogP contribution in [0.25, 0.3) is 23.2 Å². The van der Waals surface area contributed by atoms with Gasteiger partial charge in [0.25, 0.3) is 0 Å². The largest absolute Gasteiger partial charge is 0.462 e. The molecule has 150 valence electrons. The fourth-order valence-corrected chi connectivity index (χ4v) is 2.78. The van der Waals surface area contributed by atoms with Gasteiger partial charge in [0.15, 0.2) is 0 Å². The van der Waals surface area contributed by atoms with E-state index >= 15 is 0 Å². The van der Waals surface area contributed by atoms with Crippen LogP contribution in [0.1, 0.15) is 12.0 Å². The summed E-state index contributed by atoms with van der Waals surface area (Å²) in [6.45, 7) is 0.787. The van der Waals surface area contributed by atoms with Crippen molar-refractivity contribution in [3.63, 3.8) is 0 Å². The van der Waals surface area contributed by atoms with Crippen molar-refractivity contribution in [2.24, 2.45) is 0 Å². The molecule has 2 aromatic carbocycles. The molecule has 0 spiro atoms. The molecule has 4 rings (SSSR count). The Hall–Kier alpha value is -4.07. The third-order valence-electron chi connectivity index (χ3n) is 4.27. The number of hydrogen-bond acceptors (Lipinski definition) is 6. The molecule has 0 radical (unpaired) electrons. The molecule has 0 fully saturated rings. The maximum atomic E-state index is 11.9. The first kappa shape index (κ1) is 19.3. The van der Waals surface area contributed by atoms with E-state index in [1.54, 1.807) is 17.0 Å². The molecule has 8 nitrogen and oxygen atoms in total. The van der Waals surface area contributed by atoms with Crippen LogP contribution in [-0.2, 0) is 16.1 Å². The van der Waals surface area contributed by atoms with E-state index in [2.05, 4.69) is 20.5 Å². The Bertz CT molecular complexity index is 1120. The summed E-state index contributed by atoms with van der Waals surface area (Å²) in [5.74, 6) is 0.172. The van der Waals surface area contributed by atoms with Gasteiger partial charge in [-0.05, 0) is 23.4 Å². The van der Waals surface area contributed by atoms with Crippen LogP contribution in [0.4, 0.5) is 0 Å². The molecule has 30 heavy (non-hydrogen) atoms. The van der Waals surface area contributed by atoms with Crippen LogP contribution in [0.15, 0.2) is 79.1 Å². The number of aryl methyl sites for hydroxylation is 1. The molecule has 0 unspecified atom stereocenters. The second kappa shape index (κ2) is 9.42. The Morgan fingerprint density at radius 1 is 1.03 bits per heavy atom. The van der Waals surface area contributed by atoms with Crippen molar-refractivity contribution < 1.29 is 9.53 Å². The summed E-state index contributed by atoms with van der Waals surface area (Å²) in [5, 5.41) is 16.7. The molecule has 0 aliphatic heterocycles. The van der Waals surface area contributed by atoms with Crippen LogP contribution in [-0.4, -0.2) is 42.6 Å². The van der Waals surface area contributed by atoms with Crippen molar-refractivity contribution in [3.05, 3.63) is 84.7 Å². The number of para-hydroxylation sites is 1. The van der Waals surface area contributed by atoms with Crippen LogP contribution in [0.2, 0.25) is 0 Å². The van der Waals surface area contributed by atoms with Gasteiger partial charge in [0.1, 0.15) is 0 Å². The first-order chi connectivity index (χ1) is 14.8. The molecule has 0 aliphatic carbocycles. The van der Waals surface area contributed by atoms with Gasteiger partial charge >= 0.3 is 5.97 Å². The zero-order valence-electron chi connectivity index (χ0n) is 16.2. The van der Waals surface area contributed by atoms with Crippen molar-refractivity contribution in [3.8, 4) is 17.1 Å². The van der Waals surface area contributed by atoms with E-state index in [1.807, 2.05) is 66.9 Å². The number of carbonyl (C=O) groups is 1. The third kappa shape index (κ3) is 5.05. The third-order valence-corrected chi connectivity index (χ3v) is 4.27. The Labute approximate surface area is 173 Å². The van der Waals surface area contributed by atoms with Crippen molar-refractivity contribution >= 4 is 12.0 Å². The van der Waals surface area contributed by atoms with Gasteiger partial charge in [0.2, 0.25) is 5.82 Å². The van der Waals surface area contributed by atoms with Gasteiger partial charge in [-0.3, -0.25) is 0 Å². The van der Waals surface area contributed by atoms with E-state index in [0.29, 0.717) is 18.8 Å². The fourth-order valence-electron chi connectivity index (χ4n) is 2.78. The van der Waals surface area contributed by atoms with E-state index < -0.39 is 5.97 Å². The number of esters is 1. The van der Waals surface area contributed by atoms with E-state index in [1.165, 1.54) is 10.9 Å². The summed E-state index contributed by atoms with van der Waals surface area (Å²) in [6, 6.07) is 19.4. The van der Waals surface area contributed by atoms with Gasteiger partial charge in [-0.2, -0.15) is 9.90 Å². The highest BCUT2D eigenvalue weighted by atomic mass is 16.5. The van der Waals surface area contributed by atoms with Gasteiger partial charge in [0, 0.05) is 29.8 Å². The van der Waals surface area contributed by atoms with Crippen molar-refractivity contribution in [2.45, 2.75) is 13.0 Å². The lowest BCUT2D eigenvalue weighted by Gasteiger charge is -2.01. The molecule has 4 aromatic rings. The number of ether oxygens (including phenoxy) is 1. The minimum atomic E-state index is -0.404. The summed E-state index contributed by atoms with van der Waals surface area (Å²) >= 11 is 0. The summed E-state index contributed by atoms with van der Waals surface area (Å²) < 4.78 is 6.98. The van der Waals surface area contributed by atoms with Gasteiger partial charge in [-0.1, -0.05) is 48.5 Å². The average Bonchev–Trinajstić information content (AvgIpc) is 3.46. The van der Waals surface area contributed by atoms with Crippen LogP contribution >= 0.6 is 0 Å². The Morgan fingerprint density at radius 2 is 1.80 bits per heavy atom. The number of nitrogens with zero attached hydrogens (tertiary/aromatic N) is 6. The maximum Gasteiger partial charge on any atom is 0.330 e. The minimum absolute atomic E-state index is 0.272. The fraction of sp³-hybridized carbons (Fsp3) is 0.136. The summed E-state index contributed by atoms with van der Waals surface area (Å²) in [5.41, 5.74) is 2.68. The van der Waals surface area contributed by atoms with E-state index in [0.717, 1.165) is 16.8 Å². The number of aromatic nitrogens is 6. The van der Waals surface area contributed by atoms with Gasteiger partial charge in [-0.25, -0.2) is 9.48 Å². The second-order valence-electron chi connectivity index (χ2n) is 6.48. The lowest BCUT2D eigenvalue weighted by Crippen LogP contribution is -2.08. The highest BCUT2D eigenvalue weighted by Gasteiger charge is 2.05. The zero-order chi connectivity index (χ0) is 20.6. The lowest BCUT2D eigenvalue weighted by atomic mass is 10.2. The van der Waals surface area contributed by atoms with E-state index in [9.17, 15) is 4.79 Å². The quantitative estimate of drug-likeness (QED) is 0.256. The lowest BCUT2D eigenvalue weighted by molar-refractivity contribution is -0.137.